The molecule has 4 fully saturated rings. The van der Waals surface area contributed by atoms with Gasteiger partial charge in [-0.25, -0.2) is 19.6 Å². The molecule has 330 valence electrons. The van der Waals surface area contributed by atoms with Crippen molar-refractivity contribution in [1.29, 1.82) is 0 Å². The third-order valence-electron chi connectivity index (χ3n) is 13.9. The Balaban J connectivity index is 0.834. The molecule has 2 saturated carbocycles. The number of aromatic nitrogens is 4. The van der Waals surface area contributed by atoms with Crippen molar-refractivity contribution in [3.63, 3.8) is 0 Å². The number of piperidine rings is 2. The van der Waals surface area contributed by atoms with Crippen LogP contribution in [0.4, 0.5) is 9.59 Å². The van der Waals surface area contributed by atoms with Gasteiger partial charge in [-0.1, -0.05) is 76.2 Å². The molecule has 0 radical (unpaired) electrons. The van der Waals surface area contributed by atoms with E-state index in [1.807, 2.05) is 49.9 Å². The van der Waals surface area contributed by atoms with Crippen molar-refractivity contribution in [1.82, 2.24) is 40.4 Å². The van der Waals surface area contributed by atoms with Crippen LogP contribution < -0.4 is 10.6 Å². The van der Waals surface area contributed by atoms with Crippen LogP contribution in [0.2, 0.25) is 0 Å². The van der Waals surface area contributed by atoms with Gasteiger partial charge in [0.1, 0.15) is 23.7 Å². The highest BCUT2D eigenvalue weighted by atomic mass is 16.5. The number of benzene rings is 4. The van der Waals surface area contributed by atoms with Crippen molar-refractivity contribution in [2.75, 3.05) is 14.2 Å². The number of aromatic amines is 2. The predicted molar refractivity (Wildman–Crippen MR) is 243 cm³/mol. The van der Waals surface area contributed by atoms with E-state index in [1.165, 1.54) is 14.2 Å². The van der Waals surface area contributed by atoms with Crippen molar-refractivity contribution >= 4 is 45.5 Å². The third kappa shape index (κ3) is 7.51. The Bertz CT molecular complexity index is 2620. The van der Waals surface area contributed by atoms with Crippen LogP contribution >= 0.6 is 0 Å². The molecular weight excluding hydrogens is 809 g/mol. The number of imidazole rings is 2. The third-order valence-corrected chi connectivity index (χ3v) is 13.9. The standard InChI is InChI=1S/C50H54N8O6/c1-25(2)43(55-49(61)63-5)47(59)57-39-19-35(39)21-41(57)45-51-23-37(53-45)33-13-11-29-15-27(7-9-31(29)17-33)28-8-10-32-18-34(14-12-30(32)16-28)38-24-52-46(54-38)42-22-36-20-40(36)58(42)48(60)44(26(3)4)56-50(62)64-6/h7-18,23-26,35-36,39-44H,19-22H2,1-6H3,(H,51,53)(H,52,54)(H,55,61)(H,56,62)/t35-,36-,39-,40-,41+,42+,43+,44+/m1/s1. The number of ether oxygens (including phenoxy) is 2. The SMILES string of the molecule is COC(=O)N[C@H](C(=O)N1[C@@H]2C[C@@H]2C[C@H]1c1nc(-c2ccc3cc(-c4ccc5cc(-c6c[nH]c([C@@H]7C[C@H]8C[C@H]8N7C(=O)[C@@H](NC(=O)OC)C(C)C)n6)ccc5c4)ccc3c2)c[nH]1)C(C)C. The molecule has 8 atom stereocenters. The number of hydrogen-bond donors (Lipinski definition) is 4. The summed E-state index contributed by atoms with van der Waals surface area (Å²) in [7, 11) is 2.61. The van der Waals surface area contributed by atoms with Crippen LogP contribution in [-0.2, 0) is 19.1 Å². The van der Waals surface area contributed by atoms with E-state index in [1.54, 1.807) is 0 Å². The van der Waals surface area contributed by atoms with E-state index in [-0.39, 0.29) is 47.8 Å². The fourth-order valence-corrected chi connectivity index (χ4v) is 10.2. The zero-order chi connectivity index (χ0) is 44.6. The van der Waals surface area contributed by atoms with Crippen LogP contribution in [0.1, 0.15) is 77.1 Å². The fraction of sp³-hybridized carbons (Fsp3) is 0.400. The van der Waals surface area contributed by atoms with E-state index in [0.717, 1.165) is 92.5 Å². The monoisotopic (exact) mass is 862 g/mol. The first-order chi connectivity index (χ1) is 30.9. The van der Waals surface area contributed by atoms with Crippen molar-refractivity contribution in [3.05, 3.63) is 96.8 Å². The number of fused-ring (bicyclic) bond motifs is 4. The molecule has 4 heterocycles. The van der Waals surface area contributed by atoms with Gasteiger partial charge in [-0.3, -0.25) is 9.59 Å². The van der Waals surface area contributed by atoms with Gasteiger partial charge in [0.2, 0.25) is 11.8 Å². The number of rotatable bonds is 11. The van der Waals surface area contributed by atoms with Crippen molar-refractivity contribution in [2.45, 2.75) is 89.6 Å². The Labute approximate surface area is 371 Å². The lowest BCUT2D eigenvalue weighted by atomic mass is 9.97. The van der Waals surface area contributed by atoms with Crippen molar-refractivity contribution in [3.8, 4) is 33.6 Å². The molecule has 10 rings (SSSR count). The molecule has 0 spiro atoms. The van der Waals surface area contributed by atoms with Crippen molar-refractivity contribution in [2.24, 2.45) is 23.7 Å². The molecule has 4 N–H and O–H groups in total. The molecule has 0 unspecified atom stereocenters. The molecule has 4 aliphatic rings. The summed E-state index contributed by atoms with van der Waals surface area (Å²) < 4.78 is 9.63. The van der Waals surface area contributed by atoms with Crippen LogP contribution in [0, 0.1) is 23.7 Å². The Hall–Kier alpha value is -6.70. The number of methoxy groups -OCH3 is 2. The van der Waals surface area contributed by atoms with Gasteiger partial charge in [-0.2, -0.15) is 0 Å². The summed E-state index contributed by atoms with van der Waals surface area (Å²) in [5.41, 5.74) is 5.84. The Morgan fingerprint density at radius 3 is 1.28 bits per heavy atom. The second kappa shape index (κ2) is 16.1. The molecule has 2 aliphatic heterocycles. The predicted octanol–water partition coefficient (Wildman–Crippen LogP) is 8.53. The van der Waals surface area contributed by atoms with Gasteiger partial charge < -0.3 is 39.9 Å². The van der Waals surface area contributed by atoms with Gasteiger partial charge >= 0.3 is 12.2 Å². The second-order valence-electron chi connectivity index (χ2n) is 18.7. The fourth-order valence-electron chi connectivity index (χ4n) is 10.2. The van der Waals surface area contributed by atoms with Crippen LogP contribution in [0.3, 0.4) is 0 Å². The Morgan fingerprint density at radius 1 is 0.562 bits per heavy atom. The molecule has 64 heavy (non-hydrogen) atoms. The highest BCUT2D eigenvalue weighted by Gasteiger charge is 2.57. The molecule has 0 bridgehead atoms. The summed E-state index contributed by atoms with van der Waals surface area (Å²) >= 11 is 0. The average Bonchev–Trinajstić information content (AvgIpc) is 3.88. The lowest BCUT2D eigenvalue weighted by Crippen LogP contribution is -2.52. The number of H-pyrrole nitrogens is 2. The van der Waals surface area contributed by atoms with Crippen LogP contribution in [-0.4, -0.2) is 92.1 Å². The van der Waals surface area contributed by atoms with E-state index < -0.39 is 24.3 Å². The van der Waals surface area contributed by atoms with Crippen LogP contribution in [0.25, 0.3) is 55.2 Å². The molecule has 6 aromatic rings. The minimum Gasteiger partial charge on any atom is -0.453 e. The number of carbonyl (C=O) groups is 4. The first kappa shape index (κ1) is 41.3. The summed E-state index contributed by atoms with van der Waals surface area (Å²) in [6.45, 7) is 7.71. The smallest absolute Gasteiger partial charge is 0.407 e. The van der Waals surface area contributed by atoms with E-state index in [0.29, 0.717) is 11.8 Å². The maximum Gasteiger partial charge on any atom is 0.407 e. The molecule has 2 saturated heterocycles. The summed E-state index contributed by atoms with van der Waals surface area (Å²) in [5, 5.41) is 9.93. The molecular formula is C50H54N8O6. The molecule has 2 aromatic heterocycles. The molecule has 4 amide bonds. The minimum absolute atomic E-state index is 0.0953. The topological polar surface area (TPSA) is 175 Å². The molecule has 14 nitrogen and oxygen atoms in total. The number of alkyl carbamates (subject to hydrolysis) is 2. The maximum atomic E-state index is 13.9. The number of amides is 4. The highest BCUT2D eigenvalue weighted by molar-refractivity contribution is 5.94. The van der Waals surface area contributed by atoms with Gasteiger partial charge in [0.15, 0.2) is 0 Å². The second-order valence-corrected chi connectivity index (χ2v) is 18.7. The van der Waals surface area contributed by atoms with E-state index in [2.05, 4.69) is 93.4 Å². The largest absolute Gasteiger partial charge is 0.453 e. The number of hydrogen-bond acceptors (Lipinski definition) is 8. The zero-order valence-corrected chi connectivity index (χ0v) is 36.9. The van der Waals surface area contributed by atoms with Crippen LogP contribution in [0.15, 0.2) is 85.2 Å². The zero-order valence-electron chi connectivity index (χ0n) is 36.9. The quantitative estimate of drug-likeness (QED) is 0.100. The first-order valence-corrected chi connectivity index (χ1v) is 22.4. The van der Waals surface area contributed by atoms with Gasteiger partial charge in [0.25, 0.3) is 0 Å². The lowest BCUT2D eigenvalue weighted by Gasteiger charge is -2.31. The van der Waals surface area contributed by atoms with Gasteiger partial charge in [-0.15, -0.1) is 0 Å². The van der Waals surface area contributed by atoms with E-state index in [4.69, 9.17) is 19.4 Å². The molecule has 4 aromatic carbocycles. The maximum absolute atomic E-state index is 13.9. The number of likely N-dealkylation sites (tertiary alicyclic amines) is 2. The number of nitrogens with zero attached hydrogens (tertiary/aromatic N) is 4. The van der Waals surface area contributed by atoms with E-state index >= 15 is 0 Å². The first-order valence-electron chi connectivity index (χ1n) is 22.4. The minimum atomic E-state index is -0.677. The summed E-state index contributed by atoms with van der Waals surface area (Å²) in [6.07, 6.45) is 6.26. The Morgan fingerprint density at radius 2 is 0.922 bits per heavy atom. The van der Waals surface area contributed by atoms with Crippen molar-refractivity contribution < 1.29 is 28.7 Å². The average molecular weight is 863 g/mol. The van der Waals surface area contributed by atoms with Gasteiger partial charge in [0.05, 0.1) is 37.7 Å². The number of nitrogens with one attached hydrogen (secondary N) is 4. The van der Waals surface area contributed by atoms with Gasteiger partial charge in [0, 0.05) is 35.6 Å². The Kier molecular flexibility index (Phi) is 10.4. The van der Waals surface area contributed by atoms with Crippen LogP contribution in [0.5, 0.6) is 0 Å². The lowest BCUT2D eigenvalue weighted by molar-refractivity contribution is -0.137. The molecule has 14 heteroatoms. The summed E-state index contributed by atoms with van der Waals surface area (Å²) in [4.78, 5) is 72.6. The summed E-state index contributed by atoms with van der Waals surface area (Å²) in [5.74, 6) is 2.03. The normalized spacial score (nSPS) is 22.9. The van der Waals surface area contributed by atoms with Gasteiger partial charge in [-0.05, 0) is 106 Å². The highest BCUT2D eigenvalue weighted by Crippen LogP contribution is 2.54. The molecule has 2 aliphatic carbocycles. The van der Waals surface area contributed by atoms with E-state index in [9.17, 15) is 19.2 Å². The summed E-state index contributed by atoms with van der Waals surface area (Å²) in [6, 6.07) is 24.4. The number of carbonyl (C=O) groups excluding carboxylic acids is 4.